The van der Waals surface area contributed by atoms with Crippen molar-refractivity contribution < 1.29 is 30.0 Å². The molecule has 80 valence electrons. The van der Waals surface area contributed by atoms with Crippen molar-refractivity contribution in [2.45, 2.75) is 13.3 Å². The molecule has 0 bridgehead atoms. The lowest BCUT2D eigenvalue weighted by molar-refractivity contribution is -0.136. The van der Waals surface area contributed by atoms with Gasteiger partial charge in [-0.15, -0.1) is 0 Å². The van der Waals surface area contributed by atoms with E-state index in [2.05, 4.69) is 6.58 Å². The normalized spacial score (nSPS) is 9.64. The summed E-state index contributed by atoms with van der Waals surface area (Å²) >= 11 is 0. The summed E-state index contributed by atoms with van der Waals surface area (Å²) in [6.07, 6.45) is 1.78. The van der Waals surface area contributed by atoms with Crippen molar-refractivity contribution in [2.75, 3.05) is 0 Å². The van der Waals surface area contributed by atoms with E-state index in [4.69, 9.17) is 20.4 Å². The fourth-order valence-corrected chi connectivity index (χ4v) is 0.281. The van der Waals surface area contributed by atoms with Gasteiger partial charge in [0, 0.05) is 0 Å². The van der Waals surface area contributed by atoms with Gasteiger partial charge in [0.15, 0.2) is 11.5 Å². The first kappa shape index (κ1) is 14.5. The molecule has 0 atom stereocenters. The summed E-state index contributed by atoms with van der Waals surface area (Å²) in [7, 11) is 0. The molecule has 0 radical (unpaired) electrons. The Labute approximate surface area is 80.4 Å². The molecule has 0 saturated heterocycles. The van der Waals surface area contributed by atoms with Crippen molar-refractivity contribution in [1.29, 1.82) is 0 Å². The maximum Gasteiger partial charge on any atom is 0.370 e. The molecule has 14 heavy (non-hydrogen) atoms. The zero-order valence-electron chi connectivity index (χ0n) is 7.60. The Morgan fingerprint density at radius 1 is 1.14 bits per heavy atom. The van der Waals surface area contributed by atoms with Gasteiger partial charge in [-0.3, -0.25) is 0 Å². The largest absolute Gasteiger partial charge is 0.502 e. The average Bonchev–Trinajstić information content (AvgIpc) is 2.05. The van der Waals surface area contributed by atoms with Crippen LogP contribution >= 0.6 is 0 Å². The summed E-state index contributed by atoms with van der Waals surface area (Å²) in [5.41, 5.74) is 0. The number of aliphatic carboxylic acids is 2. The first-order valence-electron chi connectivity index (χ1n) is 3.56. The number of hydrogen-bond donors (Lipinski definition) is 4. The van der Waals surface area contributed by atoms with Crippen molar-refractivity contribution in [3.63, 3.8) is 0 Å². The zero-order valence-corrected chi connectivity index (χ0v) is 7.60. The van der Waals surface area contributed by atoms with Crippen LogP contribution in [0.25, 0.3) is 0 Å². The van der Waals surface area contributed by atoms with Gasteiger partial charge in [-0.05, 0) is 19.1 Å². The predicted octanol–water partition coefficient (Wildman–Crippen LogP) is 1.07. The molecule has 0 aromatic rings. The van der Waals surface area contributed by atoms with Crippen molar-refractivity contribution in [3.05, 3.63) is 24.2 Å². The molecular weight excluding hydrogens is 192 g/mol. The van der Waals surface area contributed by atoms with Gasteiger partial charge in [-0.1, -0.05) is 6.92 Å². The first-order valence-corrected chi connectivity index (χ1v) is 3.56. The minimum absolute atomic E-state index is 0.540. The Balaban J connectivity index is 0. The number of rotatable bonds is 3. The summed E-state index contributed by atoms with van der Waals surface area (Å²) in [6.45, 7) is 4.46. The maximum atomic E-state index is 9.77. The SMILES string of the molecule is C=C(O)C(=O)O.CC/C=C(\O)C(=O)O. The number of aliphatic hydroxyl groups is 2. The van der Waals surface area contributed by atoms with Crippen molar-refractivity contribution in [1.82, 2.24) is 0 Å². The van der Waals surface area contributed by atoms with E-state index in [0.29, 0.717) is 6.42 Å². The van der Waals surface area contributed by atoms with Gasteiger partial charge in [-0.2, -0.15) is 0 Å². The van der Waals surface area contributed by atoms with E-state index in [1.54, 1.807) is 6.92 Å². The van der Waals surface area contributed by atoms with Crippen molar-refractivity contribution in [2.24, 2.45) is 0 Å². The predicted molar refractivity (Wildman–Crippen MR) is 48.0 cm³/mol. The maximum absolute atomic E-state index is 9.77. The lowest BCUT2D eigenvalue weighted by atomic mass is 10.4. The van der Waals surface area contributed by atoms with Gasteiger partial charge in [0.2, 0.25) is 0 Å². The van der Waals surface area contributed by atoms with E-state index in [-0.39, 0.29) is 0 Å². The highest BCUT2D eigenvalue weighted by atomic mass is 16.4. The van der Waals surface area contributed by atoms with Crippen LogP contribution in [0, 0.1) is 0 Å². The fraction of sp³-hybridized carbons (Fsp3) is 0.250. The van der Waals surface area contributed by atoms with Crippen molar-refractivity contribution >= 4 is 11.9 Å². The third kappa shape index (κ3) is 10.0. The summed E-state index contributed by atoms with van der Waals surface area (Å²) in [6, 6.07) is 0. The van der Waals surface area contributed by atoms with E-state index in [1.165, 1.54) is 6.08 Å². The second-order valence-electron chi connectivity index (χ2n) is 2.05. The van der Waals surface area contributed by atoms with Gasteiger partial charge in [0.1, 0.15) is 0 Å². The second-order valence-corrected chi connectivity index (χ2v) is 2.05. The van der Waals surface area contributed by atoms with E-state index >= 15 is 0 Å². The lowest BCUT2D eigenvalue weighted by Crippen LogP contribution is -1.97. The molecule has 0 saturated carbocycles. The van der Waals surface area contributed by atoms with E-state index < -0.39 is 23.5 Å². The molecule has 6 nitrogen and oxygen atoms in total. The standard InChI is InChI=1S/C5H8O3.C3H4O3/c1-2-3-4(6)5(7)8;1-2(4)3(5)6/h3,6H,2H2,1H3,(H,7,8);4H,1H2,(H,5,6)/b4-3-;. The van der Waals surface area contributed by atoms with Gasteiger partial charge in [0.25, 0.3) is 0 Å². The minimum atomic E-state index is -1.38. The minimum Gasteiger partial charge on any atom is -0.502 e. The van der Waals surface area contributed by atoms with Crippen LogP contribution in [-0.2, 0) is 9.59 Å². The number of aliphatic hydroxyl groups excluding tert-OH is 2. The quantitative estimate of drug-likeness (QED) is 0.403. The van der Waals surface area contributed by atoms with Crippen LogP contribution in [0.4, 0.5) is 0 Å². The highest BCUT2D eigenvalue weighted by molar-refractivity contribution is 5.83. The first-order chi connectivity index (χ1) is 6.32. The second kappa shape index (κ2) is 7.66. The molecule has 0 amide bonds. The topological polar surface area (TPSA) is 115 Å². The lowest BCUT2D eigenvalue weighted by Gasteiger charge is -1.86. The van der Waals surface area contributed by atoms with E-state index in [1.807, 2.05) is 0 Å². The molecule has 0 aromatic heterocycles. The fourth-order valence-electron chi connectivity index (χ4n) is 0.281. The van der Waals surface area contributed by atoms with E-state index in [0.717, 1.165) is 0 Å². The van der Waals surface area contributed by atoms with Crippen LogP contribution < -0.4 is 0 Å². The smallest absolute Gasteiger partial charge is 0.370 e. The number of allylic oxidation sites excluding steroid dienone is 1. The highest BCUT2D eigenvalue weighted by Gasteiger charge is 1.99. The van der Waals surface area contributed by atoms with Crippen LogP contribution in [0.2, 0.25) is 0 Å². The summed E-state index contributed by atoms with van der Waals surface area (Å²) in [5, 5.41) is 31.9. The Hall–Kier alpha value is -1.98. The molecule has 0 aliphatic carbocycles. The number of carboxylic acids is 2. The average molecular weight is 204 g/mol. The number of carbonyl (C=O) groups is 2. The summed E-state index contributed by atoms with van der Waals surface area (Å²) < 4.78 is 0. The molecule has 0 aliphatic heterocycles. The molecule has 6 heteroatoms. The number of carboxylic acid groups (broad SMARTS) is 2. The Morgan fingerprint density at radius 2 is 1.50 bits per heavy atom. The van der Waals surface area contributed by atoms with Crippen LogP contribution in [0.1, 0.15) is 13.3 Å². The molecule has 0 aliphatic rings. The molecule has 0 rings (SSSR count). The third-order valence-corrected chi connectivity index (χ3v) is 0.863. The van der Waals surface area contributed by atoms with Crippen molar-refractivity contribution in [3.8, 4) is 0 Å². The Morgan fingerprint density at radius 3 is 1.57 bits per heavy atom. The molecule has 0 spiro atoms. The zero-order chi connectivity index (χ0) is 11.7. The monoisotopic (exact) mass is 204 g/mol. The summed E-state index contributed by atoms with van der Waals surface area (Å²) in [4.78, 5) is 19.1. The van der Waals surface area contributed by atoms with Gasteiger partial charge >= 0.3 is 11.9 Å². The van der Waals surface area contributed by atoms with Crippen LogP contribution in [0.3, 0.4) is 0 Å². The number of hydrogen-bond acceptors (Lipinski definition) is 4. The Bertz CT molecular complexity index is 241. The third-order valence-electron chi connectivity index (χ3n) is 0.863. The highest BCUT2D eigenvalue weighted by Crippen LogP contribution is 1.89. The van der Waals surface area contributed by atoms with Crippen LogP contribution in [0.15, 0.2) is 24.2 Å². The van der Waals surface area contributed by atoms with Gasteiger partial charge in [-0.25, -0.2) is 9.59 Å². The molecule has 0 heterocycles. The molecule has 0 fully saturated rings. The van der Waals surface area contributed by atoms with Gasteiger partial charge in [0.05, 0.1) is 0 Å². The summed E-state index contributed by atoms with van der Waals surface area (Å²) in [5.74, 6) is -4.05. The van der Waals surface area contributed by atoms with E-state index in [9.17, 15) is 9.59 Å². The molecule has 4 N–H and O–H groups in total. The molecule has 0 unspecified atom stereocenters. The molecular formula is C8H12O6. The van der Waals surface area contributed by atoms with Gasteiger partial charge < -0.3 is 20.4 Å². The van der Waals surface area contributed by atoms with Crippen LogP contribution in [0.5, 0.6) is 0 Å². The Kier molecular flexibility index (Phi) is 7.95. The van der Waals surface area contributed by atoms with Crippen LogP contribution in [-0.4, -0.2) is 32.4 Å². The molecule has 0 aromatic carbocycles.